The van der Waals surface area contributed by atoms with Crippen molar-refractivity contribution >= 4 is 5.91 Å². The number of carbonyl (C=O) groups is 1. The normalized spacial score (nSPS) is 22.4. The summed E-state index contributed by atoms with van der Waals surface area (Å²) in [6, 6.07) is 10.4. The van der Waals surface area contributed by atoms with Crippen LogP contribution in [-0.2, 0) is 4.79 Å². The van der Waals surface area contributed by atoms with E-state index in [0.29, 0.717) is 0 Å². The van der Waals surface area contributed by atoms with Gasteiger partial charge in [0.25, 0.3) is 5.91 Å². The number of carbonyl (C=O) groups excluding carboxylic acids is 1. The number of amides is 1. The van der Waals surface area contributed by atoms with Gasteiger partial charge >= 0.3 is 0 Å². The van der Waals surface area contributed by atoms with Gasteiger partial charge in [0.15, 0.2) is 0 Å². The molecule has 1 aromatic rings. The van der Waals surface area contributed by atoms with Crippen LogP contribution in [0.3, 0.4) is 0 Å². The van der Waals surface area contributed by atoms with Crippen molar-refractivity contribution in [3.05, 3.63) is 35.9 Å². The van der Waals surface area contributed by atoms with Gasteiger partial charge in [-0.25, -0.2) is 5.84 Å². The minimum Gasteiger partial charge on any atom is -0.298 e. The van der Waals surface area contributed by atoms with E-state index in [9.17, 15) is 4.79 Å². The van der Waals surface area contributed by atoms with E-state index in [4.69, 9.17) is 5.84 Å². The van der Waals surface area contributed by atoms with Crippen molar-refractivity contribution in [3.63, 3.8) is 0 Å². The molecule has 3 rings (SSSR count). The Morgan fingerprint density at radius 3 is 2.35 bits per heavy atom. The fourth-order valence-electron chi connectivity index (χ4n) is 3.04. The maximum atomic E-state index is 12.1. The molecular formula is C15H22N4O. The first-order chi connectivity index (χ1) is 9.79. The molecule has 5 heteroatoms. The number of hydrogen-bond donors (Lipinski definition) is 2. The van der Waals surface area contributed by atoms with Gasteiger partial charge in [0.05, 0.1) is 0 Å². The summed E-state index contributed by atoms with van der Waals surface area (Å²) < 4.78 is 0. The fourth-order valence-corrected chi connectivity index (χ4v) is 3.04. The van der Waals surface area contributed by atoms with Crippen LogP contribution in [0.4, 0.5) is 0 Å². The van der Waals surface area contributed by atoms with Crippen LogP contribution in [0.25, 0.3) is 0 Å². The maximum absolute atomic E-state index is 12.1. The summed E-state index contributed by atoms with van der Waals surface area (Å²) in [7, 11) is 0. The highest BCUT2D eigenvalue weighted by atomic mass is 16.2. The van der Waals surface area contributed by atoms with Gasteiger partial charge in [0, 0.05) is 32.2 Å². The second kappa shape index (κ2) is 5.91. The SMILES string of the molecule is NNC(=O)C(c1ccccc1)N1CCN(C2CC2)CC1. The van der Waals surface area contributed by atoms with Gasteiger partial charge in [-0.05, 0) is 18.4 Å². The molecule has 0 aromatic heterocycles. The smallest absolute Gasteiger partial charge is 0.255 e. The van der Waals surface area contributed by atoms with Crippen molar-refractivity contribution in [2.75, 3.05) is 26.2 Å². The molecule has 1 amide bonds. The predicted molar refractivity (Wildman–Crippen MR) is 77.7 cm³/mol. The molecule has 0 spiro atoms. The van der Waals surface area contributed by atoms with Gasteiger partial charge in [-0.15, -0.1) is 0 Å². The van der Waals surface area contributed by atoms with E-state index in [1.807, 2.05) is 30.3 Å². The third-order valence-electron chi connectivity index (χ3n) is 4.28. The Hall–Kier alpha value is -1.43. The highest BCUT2D eigenvalue weighted by Gasteiger charge is 2.35. The van der Waals surface area contributed by atoms with Crippen LogP contribution in [0.1, 0.15) is 24.4 Å². The molecule has 1 aromatic carbocycles. The molecule has 108 valence electrons. The summed E-state index contributed by atoms with van der Waals surface area (Å²) in [6.45, 7) is 3.94. The molecule has 20 heavy (non-hydrogen) atoms. The monoisotopic (exact) mass is 274 g/mol. The minimum atomic E-state index is -0.275. The van der Waals surface area contributed by atoms with Gasteiger partial charge in [-0.3, -0.25) is 20.0 Å². The second-order valence-corrected chi connectivity index (χ2v) is 5.62. The van der Waals surface area contributed by atoms with Crippen LogP contribution >= 0.6 is 0 Å². The second-order valence-electron chi connectivity index (χ2n) is 5.62. The summed E-state index contributed by atoms with van der Waals surface area (Å²) in [6.07, 6.45) is 2.68. The molecule has 3 N–H and O–H groups in total. The Balaban J connectivity index is 1.71. The van der Waals surface area contributed by atoms with Crippen molar-refractivity contribution in [1.82, 2.24) is 15.2 Å². The molecule has 1 saturated heterocycles. The van der Waals surface area contributed by atoms with E-state index >= 15 is 0 Å². The van der Waals surface area contributed by atoms with Gasteiger partial charge in [-0.2, -0.15) is 0 Å². The standard InChI is InChI=1S/C15H22N4O/c16-17-15(20)14(12-4-2-1-3-5-12)19-10-8-18(9-11-19)13-6-7-13/h1-5,13-14H,6-11,16H2,(H,17,20). The number of hydrogen-bond acceptors (Lipinski definition) is 4. The Labute approximate surface area is 119 Å². The zero-order chi connectivity index (χ0) is 13.9. The van der Waals surface area contributed by atoms with Crippen molar-refractivity contribution in [3.8, 4) is 0 Å². The lowest BCUT2D eigenvalue weighted by Gasteiger charge is -2.38. The highest BCUT2D eigenvalue weighted by molar-refractivity contribution is 5.82. The van der Waals surface area contributed by atoms with Crippen LogP contribution < -0.4 is 11.3 Å². The quantitative estimate of drug-likeness (QED) is 0.477. The number of benzene rings is 1. The van der Waals surface area contributed by atoms with E-state index in [1.165, 1.54) is 12.8 Å². The molecule has 2 fully saturated rings. The molecular weight excluding hydrogens is 252 g/mol. The molecule has 1 unspecified atom stereocenters. The van der Waals surface area contributed by atoms with E-state index in [-0.39, 0.29) is 11.9 Å². The lowest BCUT2D eigenvalue weighted by molar-refractivity contribution is -0.127. The average molecular weight is 274 g/mol. The first kappa shape index (κ1) is 13.5. The summed E-state index contributed by atoms with van der Waals surface area (Å²) in [5.74, 6) is 5.24. The van der Waals surface area contributed by atoms with Gasteiger partial charge in [0.2, 0.25) is 0 Å². The predicted octanol–water partition coefficient (Wildman–Crippen LogP) is 0.498. The minimum absolute atomic E-state index is 0.129. The zero-order valence-corrected chi connectivity index (χ0v) is 11.7. The van der Waals surface area contributed by atoms with Crippen LogP contribution in [0.2, 0.25) is 0 Å². The zero-order valence-electron chi connectivity index (χ0n) is 11.7. The first-order valence-corrected chi connectivity index (χ1v) is 7.33. The number of nitrogens with zero attached hydrogens (tertiary/aromatic N) is 2. The van der Waals surface area contributed by atoms with Gasteiger partial charge < -0.3 is 0 Å². The number of rotatable bonds is 4. The molecule has 1 aliphatic heterocycles. The summed E-state index contributed by atoms with van der Waals surface area (Å²) >= 11 is 0. The summed E-state index contributed by atoms with van der Waals surface area (Å²) in [5, 5.41) is 0. The highest BCUT2D eigenvalue weighted by Crippen LogP contribution is 2.29. The van der Waals surface area contributed by atoms with E-state index in [1.54, 1.807) is 0 Å². The number of hydrazine groups is 1. The van der Waals surface area contributed by atoms with Crippen LogP contribution in [-0.4, -0.2) is 47.9 Å². The molecule has 1 atom stereocenters. The molecule has 0 radical (unpaired) electrons. The number of nitrogens with one attached hydrogen (secondary N) is 1. The lowest BCUT2D eigenvalue weighted by Crippen LogP contribution is -2.52. The maximum Gasteiger partial charge on any atom is 0.255 e. The Morgan fingerprint density at radius 2 is 1.80 bits per heavy atom. The van der Waals surface area contributed by atoms with E-state index in [0.717, 1.165) is 37.8 Å². The molecule has 5 nitrogen and oxygen atoms in total. The van der Waals surface area contributed by atoms with Crippen LogP contribution in [0.15, 0.2) is 30.3 Å². The van der Waals surface area contributed by atoms with E-state index in [2.05, 4.69) is 15.2 Å². The molecule has 1 heterocycles. The van der Waals surface area contributed by atoms with Crippen molar-refractivity contribution in [2.45, 2.75) is 24.9 Å². The van der Waals surface area contributed by atoms with Crippen LogP contribution in [0.5, 0.6) is 0 Å². The Bertz CT molecular complexity index is 452. The van der Waals surface area contributed by atoms with Crippen LogP contribution in [0, 0.1) is 0 Å². The van der Waals surface area contributed by atoms with E-state index < -0.39 is 0 Å². The van der Waals surface area contributed by atoms with Crippen molar-refractivity contribution in [1.29, 1.82) is 0 Å². The third kappa shape index (κ3) is 2.85. The molecule has 1 saturated carbocycles. The topological polar surface area (TPSA) is 61.6 Å². The molecule has 2 aliphatic rings. The first-order valence-electron chi connectivity index (χ1n) is 7.33. The number of piperazine rings is 1. The average Bonchev–Trinajstić information content (AvgIpc) is 3.34. The van der Waals surface area contributed by atoms with Crippen molar-refractivity contribution in [2.24, 2.45) is 5.84 Å². The Kier molecular flexibility index (Phi) is 4.00. The molecule has 1 aliphatic carbocycles. The number of nitrogens with two attached hydrogens (primary N) is 1. The fraction of sp³-hybridized carbons (Fsp3) is 0.533. The summed E-state index contributed by atoms with van der Waals surface area (Å²) in [4.78, 5) is 16.9. The molecule has 0 bridgehead atoms. The van der Waals surface area contributed by atoms with Gasteiger partial charge in [0.1, 0.15) is 6.04 Å². The lowest BCUT2D eigenvalue weighted by atomic mass is 10.0. The Morgan fingerprint density at radius 1 is 1.15 bits per heavy atom. The largest absolute Gasteiger partial charge is 0.298 e. The van der Waals surface area contributed by atoms with Gasteiger partial charge in [-0.1, -0.05) is 30.3 Å². The van der Waals surface area contributed by atoms with Crippen molar-refractivity contribution < 1.29 is 4.79 Å². The third-order valence-corrected chi connectivity index (χ3v) is 4.28. The summed E-state index contributed by atoms with van der Waals surface area (Å²) in [5.41, 5.74) is 3.32.